The van der Waals surface area contributed by atoms with Crippen LogP contribution in [0.3, 0.4) is 0 Å². The fourth-order valence-corrected chi connectivity index (χ4v) is 4.37. The van der Waals surface area contributed by atoms with Gasteiger partial charge in [-0.1, -0.05) is 6.07 Å². The third-order valence-corrected chi connectivity index (χ3v) is 5.73. The molecule has 0 radical (unpaired) electrons. The summed E-state index contributed by atoms with van der Waals surface area (Å²) in [5, 5.41) is 0. The zero-order chi connectivity index (χ0) is 18.3. The van der Waals surface area contributed by atoms with E-state index in [1.165, 1.54) is 17.8 Å². The van der Waals surface area contributed by atoms with Crippen molar-refractivity contribution in [2.45, 2.75) is 44.8 Å². The summed E-state index contributed by atoms with van der Waals surface area (Å²) in [6, 6.07) is 6.42. The Kier molecular flexibility index (Phi) is 4.31. The zero-order valence-corrected chi connectivity index (χ0v) is 15.4. The summed E-state index contributed by atoms with van der Waals surface area (Å²) in [6.45, 7) is 7.55. The molecule has 6 heteroatoms. The molecule has 26 heavy (non-hydrogen) atoms. The molecule has 0 aliphatic carbocycles. The Labute approximate surface area is 153 Å². The number of nitrogens with zero attached hydrogens (tertiary/aromatic N) is 4. The van der Waals surface area contributed by atoms with E-state index in [0.717, 1.165) is 25.9 Å². The summed E-state index contributed by atoms with van der Waals surface area (Å²) in [7, 11) is 0. The van der Waals surface area contributed by atoms with E-state index in [0.29, 0.717) is 24.7 Å². The van der Waals surface area contributed by atoms with Crippen molar-refractivity contribution in [1.29, 1.82) is 0 Å². The van der Waals surface area contributed by atoms with Crippen LogP contribution in [0.5, 0.6) is 0 Å². The van der Waals surface area contributed by atoms with Gasteiger partial charge in [0.1, 0.15) is 5.82 Å². The predicted octanol–water partition coefficient (Wildman–Crippen LogP) is 2.88. The summed E-state index contributed by atoms with van der Waals surface area (Å²) in [4.78, 5) is 21.7. The molecule has 2 aliphatic heterocycles. The standard InChI is InChI=1S/C20H25FN4O/c1-15(2)24-11-18-10-22-14-25(18)20(13-24)7-4-8-23(12-20)19(26)16-5-3-6-17(21)9-16/h3,5-6,9-10,14-15H,4,7-8,11-13H2,1-2H3. The van der Waals surface area contributed by atoms with E-state index in [1.807, 2.05) is 17.4 Å². The Bertz CT molecular complexity index is 818. The van der Waals surface area contributed by atoms with Gasteiger partial charge in [-0.2, -0.15) is 0 Å². The number of halogens is 1. The number of fused-ring (bicyclic) bond motifs is 2. The van der Waals surface area contributed by atoms with Gasteiger partial charge in [-0.3, -0.25) is 9.69 Å². The summed E-state index contributed by atoms with van der Waals surface area (Å²) in [6.07, 6.45) is 5.80. The van der Waals surface area contributed by atoms with Crippen molar-refractivity contribution in [2.24, 2.45) is 0 Å². The molecular weight excluding hydrogens is 331 g/mol. The Morgan fingerprint density at radius 2 is 2.15 bits per heavy atom. The Hall–Kier alpha value is -2.21. The number of piperidine rings is 1. The molecule has 5 nitrogen and oxygen atoms in total. The lowest BCUT2D eigenvalue weighted by Gasteiger charge is -2.50. The van der Waals surface area contributed by atoms with Crippen molar-refractivity contribution in [3.8, 4) is 0 Å². The lowest BCUT2D eigenvalue weighted by atomic mass is 9.85. The van der Waals surface area contributed by atoms with Crippen LogP contribution in [0.2, 0.25) is 0 Å². The topological polar surface area (TPSA) is 41.4 Å². The summed E-state index contributed by atoms with van der Waals surface area (Å²) < 4.78 is 15.8. The summed E-state index contributed by atoms with van der Waals surface area (Å²) in [5.41, 5.74) is 1.46. The van der Waals surface area contributed by atoms with Gasteiger partial charge in [0.15, 0.2) is 0 Å². The van der Waals surface area contributed by atoms with Crippen LogP contribution in [0.25, 0.3) is 0 Å². The molecule has 1 unspecified atom stereocenters. The molecule has 1 aromatic heterocycles. The zero-order valence-electron chi connectivity index (χ0n) is 15.4. The molecule has 2 aromatic rings. The fraction of sp³-hybridized carbons (Fsp3) is 0.500. The minimum Gasteiger partial charge on any atom is -0.336 e. The molecule has 3 heterocycles. The lowest BCUT2D eigenvalue weighted by molar-refractivity contribution is 0.0177. The van der Waals surface area contributed by atoms with Gasteiger partial charge in [-0.15, -0.1) is 0 Å². The van der Waals surface area contributed by atoms with Gasteiger partial charge in [0.25, 0.3) is 5.91 Å². The number of amides is 1. The monoisotopic (exact) mass is 356 g/mol. The van der Waals surface area contributed by atoms with Crippen molar-refractivity contribution < 1.29 is 9.18 Å². The van der Waals surface area contributed by atoms with Crippen molar-refractivity contribution in [3.05, 3.63) is 53.9 Å². The van der Waals surface area contributed by atoms with Crippen LogP contribution < -0.4 is 0 Å². The predicted molar refractivity (Wildman–Crippen MR) is 97.3 cm³/mol. The van der Waals surface area contributed by atoms with E-state index in [-0.39, 0.29) is 17.3 Å². The number of hydrogen-bond donors (Lipinski definition) is 0. The van der Waals surface area contributed by atoms with Crippen molar-refractivity contribution in [2.75, 3.05) is 19.6 Å². The molecule has 0 bridgehead atoms. The van der Waals surface area contributed by atoms with Gasteiger partial charge >= 0.3 is 0 Å². The van der Waals surface area contributed by atoms with E-state index in [4.69, 9.17) is 0 Å². The maximum Gasteiger partial charge on any atom is 0.254 e. The molecule has 0 saturated carbocycles. The molecule has 138 valence electrons. The first kappa shape index (κ1) is 17.2. The smallest absolute Gasteiger partial charge is 0.254 e. The lowest BCUT2D eigenvalue weighted by Crippen LogP contribution is -2.60. The van der Waals surface area contributed by atoms with Gasteiger partial charge < -0.3 is 9.47 Å². The maximum atomic E-state index is 13.5. The van der Waals surface area contributed by atoms with Crippen LogP contribution in [0.15, 0.2) is 36.8 Å². The summed E-state index contributed by atoms with van der Waals surface area (Å²) in [5.74, 6) is -0.463. The summed E-state index contributed by atoms with van der Waals surface area (Å²) >= 11 is 0. The van der Waals surface area contributed by atoms with Crippen LogP contribution in [-0.2, 0) is 12.1 Å². The molecular formula is C20H25FN4O. The average molecular weight is 356 g/mol. The first-order chi connectivity index (χ1) is 12.5. The number of benzene rings is 1. The van der Waals surface area contributed by atoms with E-state index < -0.39 is 0 Å². The third kappa shape index (κ3) is 2.92. The van der Waals surface area contributed by atoms with Gasteiger partial charge in [-0.05, 0) is 44.9 Å². The van der Waals surface area contributed by atoms with Gasteiger partial charge in [0, 0.05) is 44.0 Å². The van der Waals surface area contributed by atoms with Crippen molar-refractivity contribution in [3.63, 3.8) is 0 Å². The average Bonchev–Trinajstić information content (AvgIpc) is 3.11. The van der Waals surface area contributed by atoms with Crippen molar-refractivity contribution in [1.82, 2.24) is 19.4 Å². The van der Waals surface area contributed by atoms with Gasteiger partial charge in [0.05, 0.1) is 17.6 Å². The Morgan fingerprint density at radius 1 is 1.31 bits per heavy atom. The highest BCUT2D eigenvalue weighted by atomic mass is 19.1. The second kappa shape index (κ2) is 6.50. The van der Waals surface area contributed by atoms with E-state index in [2.05, 4.69) is 28.3 Å². The Balaban J connectivity index is 1.64. The highest BCUT2D eigenvalue weighted by molar-refractivity contribution is 5.94. The molecule has 1 atom stereocenters. The number of aromatic nitrogens is 2. The number of imidazole rings is 1. The number of hydrogen-bond acceptors (Lipinski definition) is 3. The highest BCUT2D eigenvalue weighted by Crippen LogP contribution is 2.36. The van der Waals surface area contributed by atoms with Crippen LogP contribution in [-0.4, -0.2) is 50.9 Å². The minimum atomic E-state index is -0.372. The first-order valence-corrected chi connectivity index (χ1v) is 9.29. The van der Waals surface area contributed by atoms with Crippen LogP contribution >= 0.6 is 0 Å². The molecule has 1 amide bonds. The third-order valence-electron chi connectivity index (χ3n) is 5.73. The molecule has 0 N–H and O–H groups in total. The largest absolute Gasteiger partial charge is 0.336 e. The normalized spacial score (nSPS) is 23.5. The van der Waals surface area contributed by atoms with Crippen LogP contribution in [0.1, 0.15) is 42.7 Å². The minimum absolute atomic E-state index is 0.0908. The number of likely N-dealkylation sites (tertiary alicyclic amines) is 1. The SMILES string of the molecule is CC(C)N1Cc2cncn2C2(CCCN(C(=O)c3cccc(F)c3)C2)C1. The molecule has 1 saturated heterocycles. The fourth-order valence-electron chi connectivity index (χ4n) is 4.37. The number of carbonyl (C=O) groups excluding carboxylic acids is 1. The van der Waals surface area contributed by atoms with Crippen molar-refractivity contribution >= 4 is 5.91 Å². The van der Waals surface area contributed by atoms with Gasteiger partial charge in [0.2, 0.25) is 0 Å². The number of rotatable bonds is 2. The maximum absolute atomic E-state index is 13.5. The molecule has 2 aliphatic rings. The molecule has 1 fully saturated rings. The highest BCUT2D eigenvalue weighted by Gasteiger charge is 2.44. The molecule has 1 spiro atoms. The second-order valence-electron chi connectivity index (χ2n) is 7.82. The van der Waals surface area contributed by atoms with E-state index in [9.17, 15) is 9.18 Å². The Morgan fingerprint density at radius 3 is 2.92 bits per heavy atom. The van der Waals surface area contributed by atoms with Crippen LogP contribution in [0, 0.1) is 5.82 Å². The first-order valence-electron chi connectivity index (χ1n) is 9.29. The van der Waals surface area contributed by atoms with E-state index in [1.54, 1.807) is 12.1 Å². The quantitative estimate of drug-likeness (QED) is 0.831. The second-order valence-corrected chi connectivity index (χ2v) is 7.82. The van der Waals surface area contributed by atoms with E-state index >= 15 is 0 Å². The molecule has 1 aromatic carbocycles. The molecule has 4 rings (SSSR count). The van der Waals surface area contributed by atoms with Gasteiger partial charge in [-0.25, -0.2) is 9.37 Å². The number of carbonyl (C=O) groups is 1. The van der Waals surface area contributed by atoms with Crippen LogP contribution in [0.4, 0.5) is 4.39 Å².